The standard InChI is InChI=1S/C10H17N.C9H15N.C9H7N.2C7H13N.C6H7N.C6H13N.C5H11NO.C5H11N.C5H5N.C5H11N.C4H9NO.C4H9N.C4H5N.C4H9N.C3H7N/c11-10-4-7-1-8(5-10)3-9(2-7)6-10;1-7-2-9-3-8(1)5-10(4-7)6-9;1-2-6-9-8(4-1)5-3-7-10-9;1-4-8-5-2-7(1)3-6-8;8-7-4-5-1-2-6(7)3-5;1-6-2-4-7-5-3-6;7-6-4-2-1-3-5-6;1-6-2-4-7-5-3-6;2*1-2-4-6-5-3-1;6-5-3-1-2-4-5;1-3-6-4-2-5-1;2*1-2-4-5-3-1;5-4-2-1-3-4;4-3-1-2-3/h7-9H,1-6,11H2;7-9H,1-6H2;1-7H;7H,1-6H2;5-7H,1-4,8H2;2-5H,1H3;6H,1-5,7H2;2-5H2,1H3;6H,1-5H2;1-5H;5H,1-4,6H2;5H,1-4H2;5H,1-4H2;1-5H;4H,1-3,5H2;3H,1-2,4H2/p+16. The molecule has 26 rings (SSSR count). The molecule has 11 aliphatic heterocycles. The number of allylic oxidation sites excluding steroid dienone is 2. The Morgan fingerprint density at radius 3 is 1.10 bits per heavy atom. The quantitative estimate of drug-likeness (QED) is 0.115. The van der Waals surface area contributed by atoms with E-state index < -0.39 is 0 Å². The van der Waals surface area contributed by atoms with E-state index in [0.717, 1.165) is 123 Å². The number of nitrogens with one attached hydrogen (secondary N) is 6. The van der Waals surface area contributed by atoms with Gasteiger partial charge in [0.25, 0.3) is 0 Å². The lowest BCUT2D eigenvalue weighted by atomic mass is 9.53. The predicted molar refractivity (Wildman–Crippen MR) is 448 cm³/mol. The topological polar surface area (TPSA) is 306 Å². The first-order chi connectivity index (χ1) is 54.3. The molecule has 14 heterocycles. The number of para-hydroxylation sites is 1. The number of aromatic amines is 3. The van der Waals surface area contributed by atoms with Gasteiger partial charge < -0.3 is 74.5 Å². The summed E-state index contributed by atoms with van der Waals surface area (Å²) in [4.78, 5) is 14.4. The summed E-state index contributed by atoms with van der Waals surface area (Å²) in [6, 6.07) is 26.3. The number of piperidine rings is 7. The second-order valence-corrected chi connectivity index (χ2v) is 37.6. The van der Waals surface area contributed by atoms with E-state index in [-0.39, 0.29) is 0 Å². The molecule has 3 atom stereocenters. The van der Waals surface area contributed by atoms with E-state index in [1.54, 1.807) is 43.4 Å². The van der Waals surface area contributed by atoms with E-state index in [2.05, 4.69) is 97.5 Å². The van der Waals surface area contributed by atoms with E-state index in [9.17, 15) is 0 Å². The minimum Gasteiger partial charge on any atom is -0.370 e. The molecule has 10 saturated heterocycles. The Morgan fingerprint density at radius 1 is 0.387 bits per heavy atom. The summed E-state index contributed by atoms with van der Waals surface area (Å²) in [5, 5.41) is 10.3. The number of morpholine rings is 2. The highest BCUT2D eigenvalue weighted by Gasteiger charge is 2.51. The molecule has 12 bridgehead atoms. The van der Waals surface area contributed by atoms with Crippen molar-refractivity contribution in [2.24, 2.45) is 53.3 Å². The Morgan fingerprint density at radius 2 is 0.838 bits per heavy atom. The van der Waals surface area contributed by atoms with Crippen LogP contribution in [0, 0.1) is 60.2 Å². The van der Waals surface area contributed by atoms with Gasteiger partial charge in [-0.15, -0.1) is 0 Å². The molecule has 0 amide bonds. The van der Waals surface area contributed by atoms with Crippen molar-refractivity contribution < 1.29 is 94.8 Å². The third-order valence-electron chi connectivity index (χ3n) is 26.9. The van der Waals surface area contributed by atoms with E-state index >= 15 is 0 Å². The Kier molecular flexibility index (Phi) is 46.7. The number of hydrogen-bond acceptors (Lipinski definition) is 2. The summed E-state index contributed by atoms with van der Waals surface area (Å²) in [6.45, 7) is 25.0. The van der Waals surface area contributed by atoms with Crippen LogP contribution in [0.15, 0.2) is 122 Å². The van der Waals surface area contributed by atoms with Crippen molar-refractivity contribution in [1.29, 1.82) is 0 Å². The first kappa shape index (κ1) is 92.3. The van der Waals surface area contributed by atoms with E-state index in [1.807, 2.05) is 119 Å². The highest BCUT2D eigenvalue weighted by atomic mass is 16.5. The Hall–Kier alpha value is -4.19. The number of rotatable bonds is 0. The normalized spacial score (nSPS) is 31.2. The van der Waals surface area contributed by atoms with Gasteiger partial charge in [-0.3, -0.25) is 5.32 Å². The van der Waals surface area contributed by atoms with Crippen molar-refractivity contribution >= 4 is 10.9 Å². The summed E-state index contributed by atoms with van der Waals surface area (Å²) in [7, 11) is 2.20. The van der Waals surface area contributed by atoms with Crippen LogP contribution in [0.25, 0.3) is 10.9 Å². The lowest BCUT2D eigenvalue weighted by molar-refractivity contribution is -0.929. The Labute approximate surface area is 675 Å². The van der Waals surface area contributed by atoms with Crippen LogP contribution in [-0.2, 0) is 9.47 Å². The molecule has 0 spiro atoms. The van der Waals surface area contributed by atoms with Gasteiger partial charge in [-0.05, 0) is 233 Å². The fourth-order valence-corrected chi connectivity index (χ4v) is 20.3. The smallest absolute Gasteiger partial charge is 0.210 e. The zero-order chi connectivity index (χ0) is 78.0. The maximum Gasteiger partial charge on any atom is 0.210 e. The molecule has 18 heteroatoms. The van der Waals surface area contributed by atoms with Gasteiger partial charge in [-0.1, -0.05) is 24.6 Å². The van der Waals surface area contributed by atoms with Crippen LogP contribution in [0.4, 0.5) is 0 Å². The van der Waals surface area contributed by atoms with Crippen LogP contribution < -0.4 is 85.3 Å². The molecule has 4 aromatic rings. The van der Waals surface area contributed by atoms with Gasteiger partial charge >= 0.3 is 0 Å². The summed E-state index contributed by atoms with van der Waals surface area (Å²) in [5.74, 6) is 9.91. The number of hydrogen-bond donors (Lipinski definition) is 13. The molecule has 3 aromatic heterocycles. The number of nitrogens with two attached hydrogens (primary N) is 4. The lowest BCUT2D eigenvalue weighted by Crippen LogP contribution is -3.17. The highest BCUT2D eigenvalue weighted by molar-refractivity contribution is 5.74. The first-order valence-electron chi connectivity index (χ1n) is 46.7. The minimum atomic E-state index is 0.550. The molecule has 11 aliphatic carbocycles. The van der Waals surface area contributed by atoms with Gasteiger partial charge in [-0.25, -0.2) is 15.0 Å². The lowest BCUT2D eigenvalue weighted by Gasteiger charge is -2.52. The number of pyridine rings is 3. The Balaban J connectivity index is 0.000000150. The van der Waals surface area contributed by atoms with Crippen molar-refractivity contribution in [1.82, 2.24) is 0 Å². The molecule has 21 fully saturated rings. The van der Waals surface area contributed by atoms with Crippen LogP contribution >= 0.6 is 0 Å². The third kappa shape index (κ3) is 42.0. The van der Waals surface area contributed by atoms with Crippen molar-refractivity contribution in [2.45, 2.75) is 267 Å². The average Bonchev–Trinajstić information content (AvgIpc) is 1.32. The monoisotopic (exact) mass is 1550 g/mol. The largest absolute Gasteiger partial charge is 0.370 e. The number of aryl methyl sites for hydroxylation is 1. The summed E-state index contributed by atoms with van der Waals surface area (Å²) in [6.07, 6.45) is 68.6. The molecule has 18 nitrogen and oxygen atoms in total. The number of ether oxygens (including phenoxy) is 2. The van der Waals surface area contributed by atoms with E-state index in [1.165, 1.54) is 281 Å². The summed E-state index contributed by atoms with van der Waals surface area (Å²) >= 11 is 0. The minimum absolute atomic E-state index is 0.550. The first-order valence-corrected chi connectivity index (χ1v) is 46.7. The van der Waals surface area contributed by atoms with E-state index in [0.29, 0.717) is 5.54 Å². The van der Waals surface area contributed by atoms with E-state index in [4.69, 9.17) is 9.47 Å². The SMILES string of the molecule is C1=C[NH2+]C=C1.C1C2CC3CC1C[NH+](C2)C3.C1CC[NH2+]C1.C1CC[NH2+]CC1.C1COCC[NH2+]1.C1C[NH+]2CCC1CC2.C[NH+]1CCOCC1.Cc1cc[nH+]cc1.[NH3+]C12CC3CC(CC(C3)C1)C2.[NH3+]C1CC1.[NH3+]C1CC2CCC1C2.[NH3+]C1CCC1.[NH3+]C1CCCC1.[NH3+]C1CCCCC1.c1cc[nH+]cc1.c1ccc2[nH+]cccc2c1. The van der Waals surface area contributed by atoms with Crippen molar-refractivity contribution in [3.05, 3.63) is 128 Å². The van der Waals surface area contributed by atoms with Crippen molar-refractivity contribution in [2.75, 3.05) is 125 Å². The van der Waals surface area contributed by atoms with Gasteiger partial charge in [0.05, 0.1) is 160 Å². The molecule has 11 saturated carbocycles. The zero-order valence-corrected chi connectivity index (χ0v) is 71.5. The van der Waals surface area contributed by atoms with Crippen LogP contribution in [-0.4, -0.2) is 161 Å². The van der Waals surface area contributed by atoms with Gasteiger partial charge in [-0.2, -0.15) is 0 Å². The molecular formula is C93H178N16O2+16. The second-order valence-electron chi connectivity index (χ2n) is 37.6. The van der Waals surface area contributed by atoms with Crippen LogP contribution in [0.3, 0.4) is 0 Å². The van der Waals surface area contributed by atoms with Gasteiger partial charge in [0.2, 0.25) is 5.52 Å². The Bertz CT molecular complexity index is 2640. The second kappa shape index (κ2) is 56.2. The molecule has 111 heavy (non-hydrogen) atoms. The van der Waals surface area contributed by atoms with Gasteiger partial charge in [0, 0.05) is 117 Å². The molecular weight excluding hydrogens is 1370 g/mol. The van der Waals surface area contributed by atoms with Crippen molar-refractivity contribution in [3.63, 3.8) is 0 Å². The van der Waals surface area contributed by atoms with Crippen molar-refractivity contribution in [3.8, 4) is 0 Å². The summed E-state index contributed by atoms with van der Waals surface area (Å²) < 4.78 is 10.2. The number of aromatic nitrogens is 3. The molecule has 32 N–H and O–H groups in total. The maximum absolute atomic E-state index is 5.12. The molecule has 1 aromatic carbocycles. The molecule has 3 unspecified atom stereocenters. The molecule has 626 valence electrons. The predicted octanol–water partition coefficient (Wildman–Crippen LogP) is -0.123. The molecule has 0 radical (unpaired) electrons. The number of fused-ring (bicyclic) bond motifs is 6. The van der Waals surface area contributed by atoms with Crippen LogP contribution in [0.5, 0.6) is 0 Å². The number of benzene rings is 1. The van der Waals surface area contributed by atoms with Gasteiger partial charge in [0.1, 0.15) is 13.1 Å². The maximum atomic E-state index is 5.12. The fraction of sp³-hybridized carbons (Fsp3) is 0.753. The average molecular weight is 1550 g/mol. The fourth-order valence-electron chi connectivity index (χ4n) is 20.3. The summed E-state index contributed by atoms with van der Waals surface area (Å²) in [5.41, 5.74) is 27.1. The van der Waals surface area contributed by atoms with Gasteiger partial charge in [0.15, 0.2) is 31.0 Å². The highest BCUT2D eigenvalue weighted by Crippen LogP contribution is 2.54. The van der Waals surface area contributed by atoms with Crippen LogP contribution in [0.2, 0.25) is 0 Å². The zero-order valence-electron chi connectivity index (χ0n) is 71.5. The number of quaternary nitrogens is 13. The number of H-pyrrole nitrogens is 3. The third-order valence-corrected chi connectivity index (χ3v) is 26.9. The molecule has 22 aliphatic rings. The van der Waals surface area contributed by atoms with Crippen LogP contribution in [0.1, 0.15) is 230 Å². The number of likely N-dealkylation sites (N-methyl/N-ethyl adjacent to an activating group) is 1.